The van der Waals surface area contributed by atoms with Gasteiger partial charge in [-0.25, -0.2) is 4.98 Å². The van der Waals surface area contributed by atoms with Gasteiger partial charge < -0.3 is 9.64 Å². The van der Waals surface area contributed by atoms with Crippen LogP contribution in [0.4, 0.5) is 24.8 Å². The molecule has 1 heterocycles. The first-order valence-corrected chi connectivity index (χ1v) is 6.77. The average molecular weight is 332 g/mol. The number of nitrogens with zero attached hydrogens (tertiary/aromatic N) is 3. The van der Waals surface area contributed by atoms with Gasteiger partial charge in [-0.3, -0.25) is 0 Å². The number of ether oxygens (including phenoxy) is 1. The molecule has 0 amide bonds. The molecule has 1 aromatic heterocycles. The summed E-state index contributed by atoms with van der Waals surface area (Å²) >= 11 is 5.81. The van der Waals surface area contributed by atoms with Gasteiger partial charge in [-0.05, 0) is 31.2 Å². The number of alkyl halides is 3. The van der Waals surface area contributed by atoms with Crippen LogP contribution in [0.1, 0.15) is 12.5 Å². The number of halogens is 4. The molecular weight excluding hydrogens is 319 g/mol. The fourth-order valence-electron chi connectivity index (χ4n) is 1.74. The Labute approximate surface area is 130 Å². The largest absolute Gasteiger partial charge is 0.477 e. The highest BCUT2D eigenvalue weighted by atomic mass is 35.5. The summed E-state index contributed by atoms with van der Waals surface area (Å²) in [5.74, 6) is -0.389. The molecule has 0 saturated heterocycles. The molecule has 1 aromatic carbocycles. The van der Waals surface area contributed by atoms with Crippen molar-refractivity contribution in [1.82, 2.24) is 9.97 Å². The summed E-state index contributed by atoms with van der Waals surface area (Å²) in [5, 5.41) is 0.556. The fraction of sp³-hybridized carbons (Fsp3) is 0.286. The van der Waals surface area contributed by atoms with E-state index in [0.717, 1.165) is 6.20 Å². The number of hydrogen-bond donors (Lipinski definition) is 0. The van der Waals surface area contributed by atoms with E-state index in [1.165, 1.54) is 0 Å². The van der Waals surface area contributed by atoms with Crippen molar-refractivity contribution in [1.29, 1.82) is 0 Å². The Morgan fingerprint density at radius 3 is 2.41 bits per heavy atom. The summed E-state index contributed by atoms with van der Waals surface area (Å²) in [4.78, 5) is 9.18. The van der Waals surface area contributed by atoms with E-state index >= 15 is 0 Å². The van der Waals surface area contributed by atoms with Crippen molar-refractivity contribution >= 4 is 23.2 Å². The van der Waals surface area contributed by atoms with Crippen LogP contribution >= 0.6 is 11.6 Å². The van der Waals surface area contributed by atoms with Crippen molar-refractivity contribution in [2.45, 2.75) is 13.1 Å². The zero-order valence-electron chi connectivity index (χ0n) is 11.9. The van der Waals surface area contributed by atoms with E-state index in [4.69, 9.17) is 16.3 Å². The summed E-state index contributed by atoms with van der Waals surface area (Å²) in [6.07, 6.45) is -3.85. The second-order valence-electron chi connectivity index (χ2n) is 4.36. The Morgan fingerprint density at radius 1 is 1.23 bits per heavy atom. The molecule has 8 heteroatoms. The normalized spacial score (nSPS) is 11.4. The molecule has 0 bridgehead atoms. The molecule has 0 radical (unpaired) electrons. The average Bonchev–Trinajstić information content (AvgIpc) is 2.46. The molecule has 0 saturated carbocycles. The molecule has 0 spiro atoms. The number of anilines is 2. The van der Waals surface area contributed by atoms with Crippen LogP contribution < -0.4 is 9.64 Å². The predicted molar refractivity (Wildman–Crippen MR) is 77.7 cm³/mol. The predicted octanol–water partition coefficient (Wildman–Crippen LogP) is 4.32. The van der Waals surface area contributed by atoms with Gasteiger partial charge in [0.05, 0.1) is 6.61 Å². The van der Waals surface area contributed by atoms with Crippen LogP contribution in [0.3, 0.4) is 0 Å². The third kappa shape index (κ3) is 3.59. The number of aromatic nitrogens is 2. The van der Waals surface area contributed by atoms with Crippen molar-refractivity contribution in [3.8, 4) is 5.88 Å². The van der Waals surface area contributed by atoms with E-state index in [2.05, 4.69) is 9.97 Å². The third-order valence-electron chi connectivity index (χ3n) is 2.84. The number of hydrogen-bond acceptors (Lipinski definition) is 4. The van der Waals surface area contributed by atoms with Crippen molar-refractivity contribution in [2.75, 3.05) is 18.6 Å². The molecule has 22 heavy (non-hydrogen) atoms. The lowest BCUT2D eigenvalue weighted by Crippen LogP contribution is -2.17. The van der Waals surface area contributed by atoms with Gasteiger partial charge in [0.1, 0.15) is 5.56 Å². The fourth-order valence-corrected chi connectivity index (χ4v) is 1.87. The zero-order chi connectivity index (χ0) is 16.3. The second-order valence-corrected chi connectivity index (χ2v) is 4.79. The third-order valence-corrected chi connectivity index (χ3v) is 3.09. The van der Waals surface area contributed by atoms with E-state index < -0.39 is 17.6 Å². The van der Waals surface area contributed by atoms with Gasteiger partial charge in [0.2, 0.25) is 11.8 Å². The van der Waals surface area contributed by atoms with Crippen LogP contribution in [-0.2, 0) is 6.18 Å². The first-order chi connectivity index (χ1) is 10.3. The van der Waals surface area contributed by atoms with Gasteiger partial charge in [0.15, 0.2) is 0 Å². The lowest BCUT2D eigenvalue weighted by Gasteiger charge is -2.19. The molecule has 118 valence electrons. The summed E-state index contributed by atoms with van der Waals surface area (Å²) in [6.45, 7) is 1.66. The zero-order valence-corrected chi connectivity index (χ0v) is 12.6. The van der Waals surface area contributed by atoms with Crippen molar-refractivity contribution in [3.05, 3.63) is 41.0 Å². The number of benzene rings is 1. The molecular formula is C14H13ClF3N3O. The lowest BCUT2D eigenvalue weighted by atomic mass is 10.3. The van der Waals surface area contributed by atoms with Crippen LogP contribution in [0.5, 0.6) is 5.88 Å². The maximum Gasteiger partial charge on any atom is 0.423 e. The van der Waals surface area contributed by atoms with E-state index in [1.807, 2.05) is 0 Å². The lowest BCUT2D eigenvalue weighted by molar-refractivity contribution is -0.139. The summed E-state index contributed by atoms with van der Waals surface area (Å²) in [5.41, 5.74) is -0.311. The van der Waals surface area contributed by atoms with Crippen LogP contribution in [-0.4, -0.2) is 23.6 Å². The Morgan fingerprint density at radius 2 is 1.86 bits per heavy atom. The van der Waals surface area contributed by atoms with Crippen LogP contribution in [0.15, 0.2) is 30.5 Å². The molecule has 2 aromatic rings. The Balaban J connectivity index is 2.39. The smallest absolute Gasteiger partial charge is 0.423 e. The highest BCUT2D eigenvalue weighted by Crippen LogP contribution is 2.36. The standard InChI is InChI=1S/C14H13ClF3N3O/c1-3-22-12-11(14(16,17)18)8-19-13(20-12)21(2)10-6-4-9(15)5-7-10/h4-8H,3H2,1-2H3. The van der Waals surface area contributed by atoms with Crippen molar-refractivity contribution in [3.63, 3.8) is 0 Å². The summed E-state index contributed by atoms with van der Waals surface area (Å²) < 4.78 is 43.6. The molecule has 0 atom stereocenters. The summed E-state index contributed by atoms with van der Waals surface area (Å²) in [6, 6.07) is 6.76. The van der Waals surface area contributed by atoms with Gasteiger partial charge in [-0.1, -0.05) is 11.6 Å². The number of rotatable bonds is 4. The molecule has 0 unspecified atom stereocenters. The minimum Gasteiger partial charge on any atom is -0.477 e. The van der Waals surface area contributed by atoms with Crippen molar-refractivity contribution < 1.29 is 17.9 Å². The van der Waals surface area contributed by atoms with Gasteiger partial charge in [0.25, 0.3) is 0 Å². The SMILES string of the molecule is CCOc1nc(N(C)c2ccc(Cl)cc2)ncc1C(F)(F)F. The van der Waals surface area contributed by atoms with Gasteiger partial charge in [-0.15, -0.1) is 0 Å². The first kappa shape index (κ1) is 16.4. The molecule has 0 fully saturated rings. The Kier molecular flexibility index (Phi) is 4.75. The van der Waals surface area contributed by atoms with Crippen molar-refractivity contribution in [2.24, 2.45) is 0 Å². The summed E-state index contributed by atoms with van der Waals surface area (Å²) in [7, 11) is 1.64. The maximum absolute atomic E-state index is 12.9. The highest BCUT2D eigenvalue weighted by Gasteiger charge is 2.36. The molecule has 0 aliphatic heterocycles. The van der Waals surface area contributed by atoms with E-state index in [9.17, 15) is 13.2 Å². The molecule has 0 aliphatic carbocycles. The molecule has 2 rings (SSSR count). The van der Waals surface area contributed by atoms with E-state index in [1.54, 1.807) is 43.1 Å². The van der Waals surface area contributed by atoms with Gasteiger partial charge >= 0.3 is 6.18 Å². The minimum absolute atomic E-state index is 0.0736. The monoisotopic (exact) mass is 331 g/mol. The molecule has 0 N–H and O–H groups in total. The first-order valence-electron chi connectivity index (χ1n) is 6.39. The van der Waals surface area contributed by atoms with Crippen LogP contribution in [0.2, 0.25) is 5.02 Å². The molecule has 4 nitrogen and oxygen atoms in total. The van der Waals surface area contributed by atoms with Gasteiger partial charge in [-0.2, -0.15) is 18.2 Å². The second kappa shape index (κ2) is 6.39. The highest BCUT2D eigenvalue weighted by molar-refractivity contribution is 6.30. The Hall–Kier alpha value is -2.02. The van der Waals surface area contributed by atoms with E-state index in [-0.39, 0.29) is 12.6 Å². The molecule has 0 aliphatic rings. The minimum atomic E-state index is -4.57. The quantitative estimate of drug-likeness (QED) is 0.836. The van der Waals surface area contributed by atoms with E-state index in [0.29, 0.717) is 10.7 Å². The van der Waals surface area contributed by atoms with Crippen LogP contribution in [0, 0.1) is 0 Å². The maximum atomic E-state index is 12.9. The topological polar surface area (TPSA) is 38.2 Å². The van der Waals surface area contributed by atoms with Crippen LogP contribution in [0.25, 0.3) is 0 Å². The van der Waals surface area contributed by atoms with Gasteiger partial charge in [0, 0.05) is 24.0 Å². The Bertz CT molecular complexity index is 647.